The Morgan fingerprint density at radius 3 is 2.50 bits per heavy atom. The number of methoxy groups -OCH3 is 1. The molecule has 0 atom stereocenters. The van der Waals surface area contributed by atoms with Crippen molar-refractivity contribution in [2.75, 3.05) is 48.4 Å². The summed E-state index contributed by atoms with van der Waals surface area (Å²) in [4.78, 5) is 55.4. The van der Waals surface area contributed by atoms with Gasteiger partial charge in [0.2, 0.25) is 12.3 Å². The highest BCUT2D eigenvalue weighted by molar-refractivity contribution is 6.04. The highest BCUT2D eigenvalue weighted by Gasteiger charge is 2.27. The first-order chi connectivity index (χ1) is 19.2. The summed E-state index contributed by atoms with van der Waals surface area (Å²) >= 11 is 0. The molecule has 12 nitrogen and oxygen atoms in total. The van der Waals surface area contributed by atoms with Gasteiger partial charge in [0, 0.05) is 44.6 Å². The minimum absolute atomic E-state index is 0.141. The van der Waals surface area contributed by atoms with Crippen molar-refractivity contribution in [2.45, 2.75) is 32.9 Å². The van der Waals surface area contributed by atoms with Gasteiger partial charge in [-0.05, 0) is 44.5 Å². The molecule has 0 aromatic carbocycles. The molecule has 40 heavy (non-hydrogen) atoms. The highest BCUT2D eigenvalue weighted by atomic mass is 16.6. The number of amides is 3. The van der Waals surface area contributed by atoms with Crippen molar-refractivity contribution in [2.24, 2.45) is 0 Å². The second-order valence-corrected chi connectivity index (χ2v) is 10.1. The fourth-order valence-corrected chi connectivity index (χ4v) is 4.11. The van der Waals surface area contributed by atoms with Gasteiger partial charge in [-0.2, -0.15) is 0 Å². The molecule has 1 saturated heterocycles. The third kappa shape index (κ3) is 7.22. The normalized spacial score (nSPS) is 13.4. The zero-order chi connectivity index (χ0) is 28.7. The van der Waals surface area contributed by atoms with Crippen molar-refractivity contribution in [3.8, 4) is 5.88 Å². The molecule has 0 unspecified atom stereocenters. The zero-order valence-corrected chi connectivity index (χ0v) is 23.0. The Kier molecular flexibility index (Phi) is 8.77. The number of pyridine rings is 3. The Hall–Kier alpha value is -4.74. The molecule has 12 heteroatoms. The molecule has 0 saturated carbocycles. The molecule has 1 fully saturated rings. The zero-order valence-electron chi connectivity index (χ0n) is 23.0. The van der Waals surface area contributed by atoms with Crippen LogP contribution < -0.4 is 19.9 Å². The Morgan fingerprint density at radius 2 is 1.85 bits per heavy atom. The van der Waals surface area contributed by atoms with Gasteiger partial charge in [-0.3, -0.25) is 19.5 Å². The van der Waals surface area contributed by atoms with E-state index in [-0.39, 0.29) is 18.3 Å². The lowest BCUT2D eigenvalue weighted by atomic mass is 10.2. The minimum atomic E-state index is -0.558. The number of carbonyl (C=O) groups is 3. The number of nitrogens with one attached hydrogen (secondary N) is 1. The van der Waals surface area contributed by atoms with Crippen molar-refractivity contribution < 1.29 is 23.9 Å². The van der Waals surface area contributed by atoms with Gasteiger partial charge in [0.15, 0.2) is 0 Å². The summed E-state index contributed by atoms with van der Waals surface area (Å²) in [7, 11) is 1.53. The van der Waals surface area contributed by atoms with Gasteiger partial charge in [-0.25, -0.2) is 14.8 Å². The summed E-state index contributed by atoms with van der Waals surface area (Å²) in [6, 6.07) is 10.2. The Balaban J connectivity index is 1.43. The SMILES string of the molecule is COc1ccc(CN(C=O)c2cccc(C(=O)Nc3cnccc3N3CCN(C(=O)OC(C)(C)C)CC3)n2)cn1. The van der Waals surface area contributed by atoms with Crippen molar-refractivity contribution in [1.29, 1.82) is 0 Å². The summed E-state index contributed by atoms with van der Waals surface area (Å²) in [6.07, 6.45) is 5.16. The number of hydrogen-bond donors (Lipinski definition) is 1. The van der Waals surface area contributed by atoms with Gasteiger partial charge in [0.25, 0.3) is 5.91 Å². The number of nitrogens with zero attached hydrogens (tertiary/aromatic N) is 6. The maximum absolute atomic E-state index is 13.2. The van der Waals surface area contributed by atoms with E-state index in [1.807, 2.05) is 26.8 Å². The van der Waals surface area contributed by atoms with E-state index in [2.05, 4.69) is 25.2 Å². The lowest BCUT2D eigenvalue weighted by Crippen LogP contribution is -2.50. The van der Waals surface area contributed by atoms with E-state index >= 15 is 0 Å². The second kappa shape index (κ2) is 12.4. The second-order valence-electron chi connectivity index (χ2n) is 10.1. The molecule has 3 amide bonds. The Morgan fingerprint density at radius 1 is 1.07 bits per heavy atom. The lowest BCUT2D eigenvalue weighted by Gasteiger charge is -2.37. The predicted molar refractivity (Wildman–Crippen MR) is 149 cm³/mol. The summed E-state index contributed by atoms with van der Waals surface area (Å²) in [5, 5.41) is 2.89. The number of carbonyl (C=O) groups excluding carboxylic acids is 3. The van der Waals surface area contributed by atoms with Crippen LogP contribution in [0, 0.1) is 0 Å². The molecule has 210 valence electrons. The third-order valence-corrected chi connectivity index (χ3v) is 6.07. The molecule has 0 radical (unpaired) electrons. The van der Waals surface area contributed by atoms with Crippen LogP contribution in [0.15, 0.2) is 55.0 Å². The van der Waals surface area contributed by atoms with E-state index < -0.39 is 11.5 Å². The van der Waals surface area contributed by atoms with E-state index in [1.165, 1.54) is 12.0 Å². The van der Waals surface area contributed by atoms with E-state index in [0.717, 1.165) is 11.3 Å². The number of anilines is 3. The summed E-state index contributed by atoms with van der Waals surface area (Å²) in [5.74, 6) is 0.349. The van der Waals surface area contributed by atoms with Crippen molar-refractivity contribution in [3.63, 3.8) is 0 Å². The van der Waals surface area contributed by atoms with Crippen LogP contribution >= 0.6 is 0 Å². The van der Waals surface area contributed by atoms with Gasteiger partial charge in [-0.15, -0.1) is 0 Å². The molecule has 0 bridgehead atoms. The maximum Gasteiger partial charge on any atom is 0.410 e. The van der Waals surface area contributed by atoms with Crippen LogP contribution in [-0.2, 0) is 16.1 Å². The number of rotatable bonds is 8. The van der Waals surface area contributed by atoms with E-state index in [0.29, 0.717) is 50.0 Å². The lowest BCUT2D eigenvalue weighted by molar-refractivity contribution is -0.107. The van der Waals surface area contributed by atoms with Crippen LogP contribution in [0.3, 0.4) is 0 Å². The molecule has 4 rings (SSSR count). The fraction of sp³-hybridized carbons (Fsp3) is 0.357. The van der Waals surface area contributed by atoms with E-state index in [1.54, 1.807) is 53.8 Å². The largest absolute Gasteiger partial charge is 0.481 e. The quantitative estimate of drug-likeness (QED) is 0.422. The van der Waals surface area contributed by atoms with Crippen LogP contribution in [0.1, 0.15) is 36.8 Å². The summed E-state index contributed by atoms with van der Waals surface area (Å²) in [5.41, 5.74) is 1.66. The Labute approximate surface area is 232 Å². The summed E-state index contributed by atoms with van der Waals surface area (Å²) in [6.45, 7) is 7.84. The number of piperazine rings is 1. The fourth-order valence-electron chi connectivity index (χ4n) is 4.11. The standard InChI is InChI=1S/C28H33N7O5/c1-28(2,3)40-27(38)34-14-12-33(13-15-34)23-10-11-29-17-22(23)32-26(37)21-6-5-7-24(31-21)35(19-36)18-20-8-9-25(39-4)30-16-20/h5-11,16-17,19H,12-15,18H2,1-4H3,(H,32,37). The van der Waals surface area contributed by atoms with Gasteiger partial charge in [0.1, 0.15) is 17.1 Å². The molecule has 0 spiro atoms. The van der Waals surface area contributed by atoms with Crippen LogP contribution in [0.5, 0.6) is 5.88 Å². The average molecular weight is 548 g/mol. The van der Waals surface area contributed by atoms with Crippen molar-refractivity contribution in [1.82, 2.24) is 19.9 Å². The van der Waals surface area contributed by atoms with E-state index in [9.17, 15) is 14.4 Å². The van der Waals surface area contributed by atoms with Crippen molar-refractivity contribution in [3.05, 3.63) is 66.2 Å². The molecule has 0 aliphatic carbocycles. The molecule has 4 heterocycles. The maximum atomic E-state index is 13.2. The van der Waals surface area contributed by atoms with Crippen LogP contribution in [0.25, 0.3) is 0 Å². The molecule has 1 N–H and O–H groups in total. The predicted octanol–water partition coefficient (Wildman–Crippen LogP) is 3.35. The molecule has 1 aliphatic rings. The number of aromatic nitrogens is 3. The topological polar surface area (TPSA) is 130 Å². The Bertz CT molecular complexity index is 1340. The van der Waals surface area contributed by atoms with Gasteiger partial charge < -0.3 is 24.6 Å². The molecule has 1 aliphatic heterocycles. The van der Waals surface area contributed by atoms with E-state index in [4.69, 9.17) is 9.47 Å². The average Bonchev–Trinajstić information content (AvgIpc) is 2.96. The van der Waals surface area contributed by atoms with Gasteiger partial charge in [-0.1, -0.05) is 12.1 Å². The molecule has 3 aromatic heterocycles. The molecular formula is C28H33N7O5. The molecule has 3 aromatic rings. The van der Waals surface area contributed by atoms with Crippen LogP contribution in [-0.4, -0.2) is 77.2 Å². The third-order valence-electron chi connectivity index (χ3n) is 6.07. The minimum Gasteiger partial charge on any atom is -0.481 e. The monoisotopic (exact) mass is 547 g/mol. The molecular weight excluding hydrogens is 514 g/mol. The van der Waals surface area contributed by atoms with Crippen LogP contribution in [0.2, 0.25) is 0 Å². The van der Waals surface area contributed by atoms with Crippen LogP contribution in [0.4, 0.5) is 22.0 Å². The smallest absolute Gasteiger partial charge is 0.410 e. The first-order valence-corrected chi connectivity index (χ1v) is 12.8. The van der Waals surface area contributed by atoms with Gasteiger partial charge in [0.05, 0.1) is 31.2 Å². The number of ether oxygens (including phenoxy) is 2. The van der Waals surface area contributed by atoms with Gasteiger partial charge >= 0.3 is 6.09 Å². The first-order valence-electron chi connectivity index (χ1n) is 12.8. The highest BCUT2D eigenvalue weighted by Crippen LogP contribution is 2.27. The van der Waals surface area contributed by atoms with Crippen molar-refractivity contribution >= 4 is 35.6 Å². The number of hydrogen-bond acceptors (Lipinski definition) is 9. The summed E-state index contributed by atoms with van der Waals surface area (Å²) < 4.78 is 10.6. The first kappa shape index (κ1) is 28.3.